The van der Waals surface area contributed by atoms with Crippen LogP contribution >= 0.6 is 0 Å². The normalized spacial score (nSPS) is 22.9. The second kappa shape index (κ2) is 11.7. The third-order valence-corrected chi connectivity index (χ3v) is 9.75. The first-order valence-electron chi connectivity index (χ1n) is 15.7. The van der Waals surface area contributed by atoms with E-state index >= 15 is 0 Å². The summed E-state index contributed by atoms with van der Waals surface area (Å²) >= 11 is 0. The Labute approximate surface area is 241 Å². The lowest BCUT2D eigenvalue weighted by atomic mass is 9.61. The van der Waals surface area contributed by atoms with Crippen molar-refractivity contribution in [1.82, 2.24) is 0 Å². The summed E-state index contributed by atoms with van der Waals surface area (Å²) in [5, 5.41) is 10.6. The lowest BCUT2D eigenvalue weighted by molar-refractivity contribution is 0.130. The number of hydrogen-bond acceptors (Lipinski definition) is 2. The molecule has 2 aliphatic carbocycles. The quantitative estimate of drug-likeness (QED) is 0.248. The molecule has 2 N–H and O–H groups in total. The average molecular weight is 531 g/mol. The third-order valence-electron chi connectivity index (χ3n) is 9.75. The number of anilines is 3. The van der Waals surface area contributed by atoms with Gasteiger partial charge in [-0.3, -0.25) is 0 Å². The number of benzene rings is 4. The van der Waals surface area contributed by atoms with Crippen molar-refractivity contribution in [2.45, 2.75) is 90.0 Å². The van der Waals surface area contributed by atoms with Crippen molar-refractivity contribution < 1.29 is 0 Å². The van der Waals surface area contributed by atoms with Crippen molar-refractivity contribution in [1.29, 1.82) is 0 Å². The SMILES string of the molecule is CC(C)c1cccc(C(C)C)c1Nc1cccc2ccc(C3CCCC4CCCC(Nc5ccccc5)C43)cc12. The molecule has 0 aliphatic heterocycles. The lowest BCUT2D eigenvalue weighted by Gasteiger charge is -2.47. The van der Waals surface area contributed by atoms with Gasteiger partial charge in [-0.1, -0.05) is 114 Å². The molecular formula is C38H46N2. The lowest BCUT2D eigenvalue weighted by Crippen LogP contribution is -2.43. The summed E-state index contributed by atoms with van der Waals surface area (Å²) in [6, 6.07) is 32.3. The van der Waals surface area contributed by atoms with Crippen LogP contribution in [0.2, 0.25) is 0 Å². The van der Waals surface area contributed by atoms with E-state index in [1.54, 1.807) is 0 Å². The minimum Gasteiger partial charge on any atom is -0.382 e. The summed E-state index contributed by atoms with van der Waals surface area (Å²) in [5.41, 5.74) is 8.11. The Morgan fingerprint density at radius 2 is 1.38 bits per heavy atom. The van der Waals surface area contributed by atoms with Crippen LogP contribution in [0, 0.1) is 11.8 Å². The maximum atomic E-state index is 3.98. The van der Waals surface area contributed by atoms with Crippen LogP contribution in [0.1, 0.15) is 101 Å². The van der Waals surface area contributed by atoms with E-state index in [0.29, 0.717) is 29.7 Å². The van der Waals surface area contributed by atoms with Gasteiger partial charge in [0.2, 0.25) is 0 Å². The molecule has 6 rings (SSSR count). The Balaban J connectivity index is 1.38. The molecule has 208 valence electrons. The van der Waals surface area contributed by atoms with E-state index < -0.39 is 0 Å². The topological polar surface area (TPSA) is 24.1 Å². The van der Waals surface area contributed by atoms with Gasteiger partial charge in [-0.15, -0.1) is 0 Å². The highest BCUT2D eigenvalue weighted by molar-refractivity contribution is 5.96. The zero-order chi connectivity index (χ0) is 27.6. The van der Waals surface area contributed by atoms with Crippen molar-refractivity contribution in [3.63, 3.8) is 0 Å². The van der Waals surface area contributed by atoms with Gasteiger partial charge in [0.15, 0.2) is 0 Å². The van der Waals surface area contributed by atoms with Crippen LogP contribution in [-0.4, -0.2) is 6.04 Å². The number of rotatable bonds is 7. The molecule has 2 heteroatoms. The zero-order valence-corrected chi connectivity index (χ0v) is 24.8. The standard InChI is InChI=1S/C38H46N2/c1-25(2)31-17-11-18-32(26(3)4)38(31)40-35-20-9-12-27-22-23-29(24-34(27)35)33-19-8-13-28-14-10-21-36(37(28)33)39-30-15-6-5-7-16-30/h5-7,9,11-12,15-18,20,22-26,28,33,36-37,39-40H,8,10,13-14,19,21H2,1-4H3. The van der Waals surface area contributed by atoms with Gasteiger partial charge in [0, 0.05) is 28.5 Å². The summed E-state index contributed by atoms with van der Waals surface area (Å²) < 4.78 is 0. The van der Waals surface area contributed by atoms with Crippen LogP contribution < -0.4 is 10.6 Å². The largest absolute Gasteiger partial charge is 0.382 e. The van der Waals surface area contributed by atoms with E-state index in [9.17, 15) is 0 Å². The van der Waals surface area contributed by atoms with Crippen LogP contribution in [0.5, 0.6) is 0 Å². The molecule has 4 aromatic carbocycles. The summed E-state index contributed by atoms with van der Waals surface area (Å²) in [7, 11) is 0. The molecule has 0 aromatic heterocycles. The second-order valence-electron chi connectivity index (χ2n) is 13.0. The fourth-order valence-electron chi connectivity index (χ4n) is 7.82. The molecule has 2 saturated carbocycles. The monoisotopic (exact) mass is 530 g/mol. The molecule has 0 bridgehead atoms. The Morgan fingerprint density at radius 1 is 0.675 bits per heavy atom. The molecule has 0 heterocycles. The van der Waals surface area contributed by atoms with Crippen molar-refractivity contribution in [3.05, 3.63) is 102 Å². The molecule has 2 aliphatic rings. The van der Waals surface area contributed by atoms with Crippen molar-refractivity contribution in [2.75, 3.05) is 10.6 Å². The van der Waals surface area contributed by atoms with E-state index in [2.05, 4.69) is 123 Å². The molecule has 40 heavy (non-hydrogen) atoms. The van der Waals surface area contributed by atoms with Gasteiger partial charge in [0.25, 0.3) is 0 Å². The molecule has 4 aromatic rings. The fraction of sp³-hybridized carbons (Fsp3) is 0.421. The molecule has 2 fully saturated rings. The molecule has 4 atom stereocenters. The smallest absolute Gasteiger partial charge is 0.0464 e. The maximum absolute atomic E-state index is 3.98. The van der Waals surface area contributed by atoms with Crippen molar-refractivity contribution >= 4 is 27.8 Å². The highest BCUT2D eigenvalue weighted by atomic mass is 14.9. The van der Waals surface area contributed by atoms with Crippen molar-refractivity contribution in [2.24, 2.45) is 11.8 Å². The van der Waals surface area contributed by atoms with Crippen LogP contribution in [0.25, 0.3) is 10.8 Å². The molecular weight excluding hydrogens is 484 g/mol. The van der Waals surface area contributed by atoms with Gasteiger partial charge < -0.3 is 10.6 Å². The van der Waals surface area contributed by atoms with Gasteiger partial charge in [-0.05, 0) is 88.8 Å². The van der Waals surface area contributed by atoms with Crippen molar-refractivity contribution in [3.8, 4) is 0 Å². The summed E-state index contributed by atoms with van der Waals surface area (Å²) in [5.74, 6) is 3.04. The highest BCUT2D eigenvalue weighted by Gasteiger charge is 2.41. The molecule has 0 spiro atoms. The van der Waals surface area contributed by atoms with Gasteiger partial charge in [-0.2, -0.15) is 0 Å². The molecule has 2 nitrogen and oxygen atoms in total. The van der Waals surface area contributed by atoms with Gasteiger partial charge >= 0.3 is 0 Å². The Morgan fingerprint density at radius 3 is 2.10 bits per heavy atom. The number of para-hydroxylation sites is 2. The fourth-order valence-corrected chi connectivity index (χ4v) is 7.82. The first kappa shape index (κ1) is 26.9. The van der Waals surface area contributed by atoms with E-state index in [1.165, 1.54) is 83.0 Å². The predicted molar refractivity (Wildman–Crippen MR) is 173 cm³/mol. The first-order valence-corrected chi connectivity index (χ1v) is 15.7. The van der Waals surface area contributed by atoms with Crippen LogP contribution in [-0.2, 0) is 0 Å². The maximum Gasteiger partial charge on any atom is 0.0464 e. The second-order valence-corrected chi connectivity index (χ2v) is 13.0. The zero-order valence-electron chi connectivity index (χ0n) is 24.8. The van der Waals surface area contributed by atoms with Gasteiger partial charge in [0.1, 0.15) is 0 Å². The van der Waals surface area contributed by atoms with E-state index in [4.69, 9.17) is 0 Å². The summed E-state index contributed by atoms with van der Waals surface area (Å²) in [4.78, 5) is 0. The number of fused-ring (bicyclic) bond motifs is 2. The van der Waals surface area contributed by atoms with Crippen LogP contribution in [0.15, 0.2) is 84.9 Å². The minimum absolute atomic E-state index is 0.464. The predicted octanol–water partition coefficient (Wildman–Crippen LogP) is 11.0. The van der Waals surface area contributed by atoms with Gasteiger partial charge in [-0.25, -0.2) is 0 Å². The minimum atomic E-state index is 0.464. The summed E-state index contributed by atoms with van der Waals surface area (Å²) in [6.07, 6.45) is 8.04. The van der Waals surface area contributed by atoms with Crippen LogP contribution in [0.4, 0.5) is 17.1 Å². The van der Waals surface area contributed by atoms with Crippen LogP contribution in [0.3, 0.4) is 0 Å². The first-order chi connectivity index (χ1) is 19.5. The number of nitrogens with one attached hydrogen (secondary N) is 2. The van der Waals surface area contributed by atoms with E-state index in [1.807, 2.05) is 0 Å². The molecule has 0 amide bonds. The summed E-state index contributed by atoms with van der Waals surface area (Å²) in [6.45, 7) is 9.20. The highest BCUT2D eigenvalue weighted by Crippen LogP contribution is 2.49. The van der Waals surface area contributed by atoms with Gasteiger partial charge in [0.05, 0.1) is 0 Å². The van der Waals surface area contributed by atoms with E-state index in [-0.39, 0.29) is 0 Å². The Kier molecular flexibility index (Phi) is 7.87. The number of hydrogen-bond donors (Lipinski definition) is 2. The Hall–Kier alpha value is -3.26. The van der Waals surface area contributed by atoms with E-state index in [0.717, 1.165) is 5.92 Å². The molecule has 4 unspecified atom stereocenters. The average Bonchev–Trinajstić information content (AvgIpc) is 2.97. The molecule has 0 radical (unpaired) electrons. The third kappa shape index (κ3) is 5.38. The molecule has 0 saturated heterocycles. The Bertz CT molecular complexity index is 1410.